The van der Waals surface area contributed by atoms with E-state index in [0.29, 0.717) is 28.4 Å². The van der Waals surface area contributed by atoms with Gasteiger partial charge in [0.15, 0.2) is 0 Å². The van der Waals surface area contributed by atoms with E-state index in [4.69, 9.17) is 21.6 Å². The molecule has 0 radical (unpaired) electrons. The largest absolute Gasteiger partial charge is 0.495 e. The second kappa shape index (κ2) is 8.26. The molecule has 0 aromatic heterocycles. The lowest BCUT2D eigenvalue weighted by atomic mass is 9.91. The summed E-state index contributed by atoms with van der Waals surface area (Å²) in [6, 6.07) is 6.65. The van der Waals surface area contributed by atoms with Crippen LogP contribution in [0.5, 0.6) is 5.75 Å². The quantitative estimate of drug-likeness (QED) is 0.833. The summed E-state index contributed by atoms with van der Waals surface area (Å²) in [5.41, 5.74) is 1.31. The fourth-order valence-electron chi connectivity index (χ4n) is 2.93. The molecule has 1 aromatic rings. The topological polar surface area (TPSA) is 57.1 Å². The summed E-state index contributed by atoms with van der Waals surface area (Å²) in [6.45, 7) is 3.29. The van der Waals surface area contributed by atoms with Crippen LogP contribution >= 0.6 is 11.6 Å². The number of methoxy groups -OCH3 is 1. The minimum absolute atomic E-state index is 0.426. The molecule has 0 unspecified atom stereocenters. The van der Waals surface area contributed by atoms with Gasteiger partial charge in [-0.05, 0) is 44.7 Å². The molecule has 22 heavy (non-hydrogen) atoms. The summed E-state index contributed by atoms with van der Waals surface area (Å²) in [6.07, 6.45) is 5.80. The predicted molar refractivity (Wildman–Crippen MR) is 90.7 cm³/mol. The van der Waals surface area contributed by atoms with Crippen molar-refractivity contribution in [3.05, 3.63) is 22.7 Å². The molecular formula is C17H24ClN3O. The molecule has 5 heteroatoms. The van der Waals surface area contributed by atoms with E-state index in [1.54, 1.807) is 13.2 Å². The van der Waals surface area contributed by atoms with Gasteiger partial charge in [0.05, 0.1) is 23.4 Å². The minimum Gasteiger partial charge on any atom is -0.495 e. The van der Waals surface area contributed by atoms with Crippen LogP contribution in [0.1, 0.15) is 44.6 Å². The number of rotatable bonds is 6. The predicted octanol–water partition coefficient (Wildman–Crippen LogP) is 3.94. The summed E-state index contributed by atoms with van der Waals surface area (Å²) in [5.74, 6) is 0.563. The second-order valence-corrected chi connectivity index (χ2v) is 6.20. The Labute approximate surface area is 137 Å². The van der Waals surface area contributed by atoms with Crippen molar-refractivity contribution in [1.29, 1.82) is 5.26 Å². The summed E-state index contributed by atoms with van der Waals surface area (Å²) >= 11 is 6.27. The number of hydrogen-bond donors (Lipinski definition) is 2. The van der Waals surface area contributed by atoms with Crippen molar-refractivity contribution >= 4 is 17.3 Å². The molecule has 0 spiro atoms. The highest BCUT2D eigenvalue weighted by atomic mass is 35.5. The number of anilines is 1. The summed E-state index contributed by atoms with van der Waals surface area (Å²) < 4.78 is 5.25. The van der Waals surface area contributed by atoms with Crippen molar-refractivity contribution in [2.45, 2.75) is 51.1 Å². The van der Waals surface area contributed by atoms with Crippen molar-refractivity contribution in [3.8, 4) is 11.8 Å². The Morgan fingerprint density at radius 3 is 2.55 bits per heavy atom. The molecule has 2 rings (SSSR count). The Hall–Kier alpha value is -1.44. The Morgan fingerprint density at radius 2 is 1.95 bits per heavy atom. The van der Waals surface area contributed by atoms with Crippen LogP contribution in [0.3, 0.4) is 0 Å². The third-order valence-electron chi connectivity index (χ3n) is 4.18. The lowest BCUT2D eigenvalue weighted by molar-refractivity contribution is 0.354. The van der Waals surface area contributed by atoms with Gasteiger partial charge in [-0.15, -0.1) is 0 Å². The molecule has 120 valence electrons. The normalized spacial score (nSPS) is 21.2. The highest BCUT2D eigenvalue weighted by Crippen LogP contribution is 2.32. The molecule has 0 amide bonds. The van der Waals surface area contributed by atoms with E-state index < -0.39 is 0 Å². The van der Waals surface area contributed by atoms with E-state index in [1.165, 1.54) is 19.3 Å². The molecule has 1 aliphatic rings. The van der Waals surface area contributed by atoms with Crippen molar-refractivity contribution < 1.29 is 4.74 Å². The first-order chi connectivity index (χ1) is 10.7. The van der Waals surface area contributed by atoms with Crippen molar-refractivity contribution in [2.75, 3.05) is 19.0 Å². The summed E-state index contributed by atoms with van der Waals surface area (Å²) in [7, 11) is 1.57. The molecule has 1 saturated carbocycles. The Balaban J connectivity index is 1.96. The second-order valence-electron chi connectivity index (χ2n) is 5.79. The SMILES string of the molecule is CCCNC1CCC(Nc2cc(OC)c(C#N)cc2Cl)CC1. The maximum Gasteiger partial charge on any atom is 0.138 e. The fourth-order valence-corrected chi connectivity index (χ4v) is 3.15. The van der Waals surface area contributed by atoms with Crippen LogP contribution in [0.2, 0.25) is 5.02 Å². The molecule has 2 N–H and O–H groups in total. The molecular weight excluding hydrogens is 298 g/mol. The van der Waals surface area contributed by atoms with Crippen molar-refractivity contribution in [3.63, 3.8) is 0 Å². The van der Waals surface area contributed by atoms with E-state index >= 15 is 0 Å². The van der Waals surface area contributed by atoms with E-state index in [2.05, 4.69) is 23.6 Å². The van der Waals surface area contributed by atoms with Crippen LogP contribution in [-0.4, -0.2) is 25.7 Å². The number of nitriles is 1. The van der Waals surface area contributed by atoms with Gasteiger partial charge in [0.25, 0.3) is 0 Å². The van der Waals surface area contributed by atoms with Gasteiger partial charge in [-0.2, -0.15) is 5.26 Å². The van der Waals surface area contributed by atoms with Gasteiger partial charge >= 0.3 is 0 Å². The van der Waals surface area contributed by atoms with Crippen molar-refractivity contribution in [2.24, 2.45) is 0 Å². The molecule has 0 saturated heterocycles. The maximum atomic E-state index is 9.07. The number of benzene rings is 1. The lowest BCUT2D eigenvalue weighted by Gasteiger charge is -2.30. The molecule has 0 aliphatic heterocycles. The molecule has 1 fully saturated rings. The number of ether oxygens (including phenoxy) is 1. The molecule has 0 atom stereocenters. The van der Waals surface area contributed by atoms with Crippen LogP contribution in [0, 0.1) is 11.3 Å². The van der Waals surface area contributed by atoms with Gasteiger partial charge in [-0.1, -0.05) is 18.5 Å². The highest BCUT2D eigenvalue weighted by Gasteiger charge is 2.21. The standard InChI is InChI=1S/C17H24ClN3O/c1-3-8-20-13-4-6-14(7-5-13)21-16-10-17(22-2)12(11-19)9-15(16)18/h9-10,13-14,20-21H,3-8H2,1-2H3. The summed E-state index contributed by atoms with van der Waals surface area (Å²) in [5, 5.41) is 16.7. The highest BCUT2D eigenvalue weighted by molar-refractivity contribution is 6.33. The van der Waals surface area contributed by atoms with Gasteiger partial charge in [0.1, 0.15) is 11.8 Å². The van der Waals surface area contributed by atoms with Crippen LogP contribution in [0.25, 0.3) is 0 Å². The zero-order chi connectivity index (χ0) is 15.9. The lowest BCUT2D eigenvalue weighted by Crippen LogP contribution is -2.37. The zero-order valence-corrected chi connectivity index (χ0v) is 14.0. The number of hydrogen-bond acceptors (Lipinski definition) is 4. The number of nitrogens with zero attached hydrogens (tertiary/aromatic N) is 1. The Morgan fingerprint density at radius 1 is 1.27 bits per heavy atom. The monoisotopic (exact) mass is 321 g/mol. The number of halogens is 1. The first-order valence-electron chi connectivity index (χ1n) is 7.95. The summed E-state index contributed by atoms with van der Waals surface area (Å²) in [4.78, 5) is 0. The van der Waals surface area contributed by atoms with Gasteiger partial charge in [0.2, 0.25) is 0 Å². The van der Waals surface area contributed by atoms with E-state index in [9.17, 15) is 0 Å². The third-order valence-corrected chi connectivity index (χ3v) is 4.49. The van der Waals surface area contributed by atoms with Gasteiger partial charge in [0, 0.05) is 18.2 Å². The van der Waals surface area contributed by atoms with E-state index in [0.717, 1.165) is 25.1 Å². The smallest absolute Gasteiger partial charge is 0.138 e. The van der Waals surface area contributed by atoms with Gasteiger partial charge < -0.3 is 15.4 Å². The van der Waals surface area contributed by atoms with E-state index in [-0.39, 0.29) is 0 Å². The van der Waals surface area contributed by atoms with Crippen LogP contribution in [-0.2, 0) is 0 Å². The average Bonchev–Trinajstić information content (AvgIpc) is 2.55. The first kappa shape index (κ1) is 16.9. The van der Waals surface area contributed by atoms with Crippen LogP contribution in [0.4, 0.5) is 5.69 Å². The van der Waals surface area contributed by atoms with Gasteiger partial charge in [-0.3, -0.25) is 0 Å². The van der Waals surface area contributed by atoms with Crippen LogP contribution in [0.15, 0.2) is 12.1 Å². The molecule has 0 heterocycles. The third kappa shape index (κ3) is 4.28. The average molecular weight is 322 g/mol. The zero-order valence-electron chi connectivity index (χ0n) is 13.3. The Kier molecular flexibility index (Phi) is 6.35. The molecule has 0 bridgehead atoms. The maximum absolute atomic E-state index is 9.07. The fraction of sp³-hybridized carbons (Fsp3) is 0.588. The Bertz CT molecular complexity index is 533. The minimum atomic E-state index is 0.426. The first-order valence-corrected chi connectivity index (χ1v) is 8.33. The molecule has 1 aromatic carbocycles. The van der Waals surface area contributed by atoms with Crippen LogP contribution < -0.4 is 15.4 Å². The molecule has 1 aliphatic carbocycles. The van der Waals surface area contributed by atoms with Gasteiger partial charge in [-0.25, -0.2) is 0 Å². The number of nitrogens with one attached hydrogen (secondary N) is 2. The van der Waals surface area contributed by atoms with E-state index in [1.807, 2.05) is 6.07 Å². The van der Waals surface area contributed by atoms with Crippen molar-refractivity contribution in [1.82, 2.24) is 5.32 Å². The molecule has 4 nitrogen and oxygen atoms in total.